The van der Waals surface area contributed by atoms with Crippen molar-refractivity contribution in [1.29, 1.82) is 0 Å². The van der Waals surface area contributed by atoms with E-state index in [4.69, 9.17) is 32.7 Å². The molecule has 0 radical (unpaired) electrons. The minimum absolute atomic E-state index is 0.0854. The van der Waals surface area contributed by atoms with Crippen LogP contribution in [0.5, 0.6) is 0 Å². The number of ether oxygens (including phenoxy) is 2. The van der Waals surface area contributed by atoms with Crippen LogP contribution < -0.4 is 0 Å². The molecule has 2 rings (SSSR count). The van der Waals surface area contributed by atoms with Crippen LogP contribution >= 0.6 is 134 Å². The van der Waals surface area contributed by atoms with Crippen molar-refractivity contribution >= 4 is 146 Å². The molecule has 2 heterocycles. The molecule has 0 spiro atoms. The molecule has 0 N–H and O–H groups in total. The van der Waals surface area contributed by atoms with Gasteiger partial charge in [0.25, 0.3) is 0 Å². The molecule has 2 aromatic heterocycles. The van der Waals surface area contributed by atoms with E-state index in [2.05, 4.69) is 111 Å². The van der Waals surface area contributed by atoms with Crippen LogP contribution in [0.2, 0.25) is 0 Å². The second kappa shape index (κ2) is 32.0. The van der Waals surface area contributed by atoms with Crippen molar-refractivity contribution in [3.05, 3.63) is 41.6 Å². The standard InChI is InChI=1S/C10H12Br2O2S.C10H14O2S.CH2Cl2.2Br2/c1-2-14-9(13)5-3-4-7-6-8(11)15-10(7)12;1-2-12-10(11)5-3-4-9-6-7-13-8-9;2-1-3;2*1-2/h6H,2-5H2,1H3;6-8H,2-5H2,1H3;1H2;;. The first-order valence-corrected chi connectivity index (χ1v) is 21.9. The molecular formula is C21H28Br6Cl2O4S2. The zero-order valence-corrected chi connectivity index (χ0v) is 31.8. The van der Waals surface area contributed by atoms with E-state index in [9.17, 15) is 9.59 Å². The van der Waals surface area contributed by atoms with Gasteiger partial charge in [-0.1, -0.05) is 0 Å². The van der Waals surface area contributed by atoms with E-state index in [1.807, 2.05) is 13.8 Å². The molecule has 14 heteroatoms. The largest absolute Gasteiger partial charge is 0.466 e. The maximum atomic E-state index is 11.1. The second-order valence-corrected chi connectivity index (χ2v) is 11.2. The topological polar surface area (TPSA) is 52.6 Å². The van der Waals surface area contributed by atoms with Crippen molar-refractivity contribution in [3.63, 3.8) is 0 Å². The van der Waals surface area contributed by atoms with Gasteiger partial charge in [-0.3, -0.25) is 9.59 Å². The average molecular weight is 959 g/mol. The van der Waals surface area contributed by atoms with Crippen molar-refractivity contribution in [2.75, 3.05) is 18.6 Å². The van der Waals surface area contributed by atoms with Crippen LogP contribution in [0.4, 0.5) is 0 Å². The molecule has 2 aromatic rings. The summed E-state index contributed by atoms with van der Waals surface area (Å²) in [5.41, 5.74) is 2.56. The van der Waals surface area contributed by atoms with Gasteiger partial charge in [-0.2, -0.15) is 11.3 Å². The molecule has 0 aromatic carbocycles. The molecule has 204 valence electrons. The fraction of sp³-hybridized carbons (Fsp3) is 0.524. The lowest BCUT2D eigenvalue weighted by Gasteiger charge is -2.01. The van der Waals surface area contributed by atoms with Crippen molar-refractivity contribution < 1.29 is 19.1 Å². The van der Waals surface area contributed by atoms with Gasteiger partial charge in [0.15, 0.2) is 0 Å². The van der Waals surface area contributed by atoms with Crippen molar-refractivity contribution in [1.82, 2.24) is 0 Å². The number of esters is 2. The number of rotatable bonds is 10. The first-order valence-electron chi connectivity index (χ1n) is 10.0. The Hall–Kier alpha value is 1.80. The quantitative estimate of drug-likeness (QED) is 0.176. The van der Waals surface area contributed by atoms with Crippen LogP contribution in [0.1, 0.15) is 50.7 Å². The summed E-state index contributed by atoms with van der Waals surface area (Å²) in [5, 5.41) is 4.37. The normalized spacial score (nSPS) is 8.97. The molecule has 0 unspecified atom stereocenters. The van der Waals surface area contributed by atoms with E-state index >= 15 is 0 Å². The SMILES string of the molecule is BrBr.BrBr.CCOC(=O)CCCc1cc(Br)sc1Br.CCOC(=O)CCCc1ccsc1.ClCCl. The summed E-state index contributed by atoms with van der Waals surface area (Å²) in [4.78, 5) is 22.0. The minimum Gasteiger partial charge on any atom is -0.466 e. The third-order valence-corrected chi connectivity index (χ3v) is 6.79. The minimum atomic E-state index is -0.108. The van der Waals surface area contributed by atoms with Gasteiger partial charge in [0.1, 0.15) is 0 Å². The van der Waals surface area contributed by atoms with Gasteiger partial charge < -0.3 is 9.47 Å². The summed E-state index contributed by atoms with van der Waals surface area (Å²) >= 11 is 30.8. The fourth-order valence-electron chi connectivity index (χ4n) is 2.31. The van der Waals surface area contributed by atoms with Crippen LogP contribution in [0.3, 0.4) is 0 Å². The predicted octanol–water partition coefficient (Wildman–Crippen LogP) is 11.6. The summed E-state index contributed by atoms with van der Waals surface area (Å²) in [6.45, 7) is 4.60. The van der Waals surface area contributed by atoms with Gasteiger partial charge in [-0.05, 0) is 105 Å². The number of aryl methyl sites for hydroxylation is 2. The monoisotopic (exact) mass is 952 g/mol. The first-order chi connectivity index (χ1) is 16.9. The Labute approximate surface area is 274 Å². The first kappa shape index (κ1) is 41.3. The summed E-state index contributed by atoms with van der Waals surface area (Å²) in [6.07, 6.45) is 4.62. The number of carbonyl (C=O) groups is 2. The summed E-state index contributed by atoms with van der Waals surface area (Å²) in [5.74, 6) is -0.194. The van der Waals surface area contributed by atoms with Gasteiger partial charge in [-0.15, -0.1) is 34.5 Å². The highest BCUT2D eigenvalue weighted by Gasteiger charge is 2.07. The van der Waals surface area contributed by atoms with Gasteiger partial charge >= 0.3 is 11.9 Å². The smallest absolute Gasteiger partial charge is 0.305 e. The third kappa shape index (κ3) is 27.2. The number of carbonyl (C=O) groups excluding carboxylic acids is 2. The number of hydrogen-bond acceptors (Lipinski definition) is 6. The van der Waals surface area contributed by atoms with Gasteiger partial charge in [0.2, 0.25) is 0 Å². The van der Waals surface area contributed by atoms with Gasteiger partial charge in [0.05, 0.1) is 26.1 Å². The molecule has 0 amide bonds. The number of thiophene rings is 2. The number of hydrogen-bond donors (Lipinski definition) is 0. The summed E-state index contributed by atoms with van der Waals surface area (Å²) in [7, 11) is 0. The highest BCUT2D eigenvalue weighted by Crippen LogP contribution is 2.32. The Kier molecular flexibility index (Phi) is 37.8. The zero-order chi connectivity index (χ0) is 27.5. The Bertz CT molecular complexity index is 737. The Morgan fingerprint density at radius 2 is 1.40 bits per heavy atom. The molecule has 0 aliphatic heterocycles. The maximum Gasteiger partial charge on any atom is 0.305 e. The molecule has 0 saturated heterocycles. The Morgan fingerprint density at radius 1 is 0.914 bits per heavy atom. The average Bonchev–Trinajstić information content (AvgIpc) is 3.47. The van der Waals surface area contributed by atoms with E-state index in [0.29, 0.717) is 26.1 Å². The van der Waals surface area contributed by atoms with Crippen molar-refractivity contribution in [2.45, 2.75) is 52.4 Å². The lowest BCUT2D eigenvalue weighted by Crippen LogP contribution is -2.03. The molecule has 0 aliphatic rings. The molecular weight excluding hydrogens is 931 g/mol. The van der Waals surface area contributed by atoms with Crippen molar-refractivity contribution in [3.8, 4) is 0 Å². The molecule has 4 nitrogen and oxygen atoms in total. The van der Waals surface area contributed by atoms with E-state index in [0.717, 1.165) is 33.3 Å². The van der Waals surface area contributed by atoms with Crippen LogP contribution in [0, 0.1) is 0 Å². The van der Waals surface area contributed by atoms with E-state index in [-0.39, 0.29) is 17.3 Å². The Morgan fingerprint density at radius 3 is 1.77 bits per heavy atom. The van der Waals surface area contributed by atoms with Crippen molar-refractivity contribution in [2.24, 2.45) is 0 Å². The third-order valence-electron chi connectivity index (χ3n) is 3.59. The lowest BCUT2D eigenvalue weighted by atomic mass is 10.1. The van der Waals surface area contributed by atoms with Crippen LogP contribution in [0.25, 0.3) is 0 Å². The molecule has 0 saturated carbocycles. The Balaban J connectivity index is -0.000000468. The molecule has 35 heavy (non-hydrogen) atoms. The molecule has 0 aliphatic carbocycles. The van der Waals surface area contributed by atoms with E-state index in [1.165, 1.54) is 11.1 Å². The van der Waals surface area contributed by atoms with Crippen LogP contribution in [0.15, 0.2) is 30.5 Å². The predicted molar refractivity (Wildman–Crippen MR) is 175 cm³/mol. The second-order valence-electron chi connectivity index (χ2n) is 5.90. The molecule has 0 fully saturated rings. The van der Waals surface area contributed by atoms with Gasteiger partial charge in [-0.25, -0.2) is 0 Å². The zero-order valence-electron chi connectivity index (χ0n) is 19.1. The van der Waals surface area contributed by atoms with E-state index < -0.39 is 0 Å². The van der Waals surface area contributed by atoms with Crippen LogP contribution in [-0.4, -0.2) is 30.5 Å². The van der Waals surface area contributed by atoms with Crippen LogP contribution in [-0.2, 0) is 31.9 Å². The molecule has 0 atom stereocenters. The summed E-state index contributed by atoms with van der Waals surface area (Å²) < 4.78 is 11.9. The number of alkyl halides is 2. The highest BCUT2D eigenvalue weighted by atomic mass is 80.9. The maximum absolute atomic E-state index is 11.1. The highest BCUT2D eigenvalue weighted by molar-refractivity contribution is 9.93. The molecule has 0 bridgehead atoms. The van der Waals surface area contributed by atoms with Gasteiger partial charge in [0, 0.05) is 69.4 Å². The number of halogens is 8. The fourth-order valence-corrected chi connectivity index (χ4v) is 5.92. The summed E-state index contributed by atoms with van der Waals surface area (Å²) in [6, 6.07) is 4.18. The lowest BCUT2D eigenvalue weighted by molar-refractivity contribution is -0.144. The van der Waals surface area contributed by atoms with E-state index in [1.54, 1.807) is 22.7 Å².